The fourth-order valence-electron chi connectivity index (χ4n) is 3.88. The van der Waals surface area contributed by atoms with Crippen molar-refractivity contribution < 1.29 is 9.18 Å². The van der Waals surface area contributed by atoms with Crippen LogP contribution in [-0.4, -0.2) is 22.3 Å². The summed E-state index contributed by atoms with van der Waals surface area (Å²) in [6.45, 7) is 0.770. The van der Waals surface area contributed by atoms with E-state index in [0.717, 1.165) is 41.9 Å². The third kappa shape index (κ3) is 4.28. The number of rotatable bonds is 5. The Balaban J connectivity index is 1.50. The second-order valence-electron chi connectivity index (χ2n) is 7.27. The van der Waals surface area contributed by atoms with E-state index >= 15 is 0 Å². The van der Waals surface area contributed by atoms with Crippen molar-refractivity contribution in [1.82, 2.24) is 9.88 Å². The van der Waals surface area contributed by atoms with E-state index in [4.69, 9.17) is 4.98 Å². The number of carbonyl (C=O) groups excluding carboxylic acids is 1. The maximum atomic E-state index is 13.4. The lowest BCUT2D eigenvalue weighted by Crippen LogP contribution is -2.32. The van der Waals surface area contributed by atoms with E-state index in [0.29, 0.717) is 12.8 Å². The second kappa shape index (κ2) is 8.34. The number of aromatic nitrogens is 1. The van der Waals surface area contributed by atoms with Crippen molar-refractivity contribution in [2.45, 2.75) is 31.7 Å². The van der Waals surface area contributed by atoms with Gasteiger partial charge in [0.1, 0.15) is 5.82 Å². The predicted molar refractivity (Wildman–Crippen MR) is 107 cm³/mol. The number of amides is 1. The zero-order valence-electron chi connectivity index (χ0n) is 15.7. The quantitative estimate of drug-likeness (QED) is 0.648. The van der Waals surface area contributed by atoms with Crippen LogP contribution in [0.5, 0.6) is 0 Å². The van der Waals surface area contributed by atoms with Gasteiger partial charge in [0.25, 0.3) is 0 Å². The van der Waals surface area contributed by atoms with E-state index in [2.05, 4.69) is 0 Å². The molecular formula is C24H23FN2O. The lowest BCUT2D eigenvalue weighted by atomic mass is 10.1. The van der Waals surface area contributed by atoms with Crippen LogP contribution in [0.1, 0.15) is 41.4 Å². The first kappa shape index (κ1) is 18.4. The minimum Gasteiger partial charge on any atom is -0.334 e. The van der Waals surface area contributed by atoms with Gasteiger partial charge in [-0.05, 0) is 48.2 Å². The number of benzene rings is 2. The molecule has 1 aliphatic rings. The Labute approximate surface area is 164 Å². The van der Waals surface area contributed by atoms with E-state index in [1.807, 2.05) is 59.5 Å². The highest BCUT2D eigenvalue weighted by molar-refractivity contribution is 5.79. The SMILES string of the molecule is O=C(Cc1ccccc1)N1CCCC1c1cccc(Cc2cccc(F)c2)n1. The molecule has 0 saturated carbocycles. The fraction of sp³-hybridized carbons (Fsp3) is 0.250. The van der Waals surface area contributed by atoms with Gasteiger partial charge < -0.3 is 4.90 Å². The number of nitrogens with zero attached hydrogens (tertiary/aromatic N) is 2. The molecule has 1 atom stereocenters. The first-order valence-corrected chi connectivity index (χ1v) is 9.73. The smallest absolute Gasteiger partial charge is 0.227 e. The molecular weight excluding hydrogens is 351 g/mol. The molecule has 0 bridgehead atoms. The molecule has 2 heterocycles. The Bertz CT molecular complexity index is 958. The van der Waals surface area contributed by atoms with Gasteiger partial charge in [-0.3, -0.25) is 9.78 Å². The van der Waals surface area contributed by atoms with Crippen LogP contribution < -0.4 is 0 Å². The summed E-state index contributed by atoms with van der Waals surface area (Å²) in [5.74, 6) is -0.0897. The molecule has 1 aromatic heterocycles. The van der Waals surface area contributed by atoms with Crippen LogP contribution in [0.15, 0.2) is 72.8 Å². The van der Waals surface area contributed by atoms with Gasteiger partial charge in [-0.2, -0.15) is 0 Å². The lowest BCUT2D eigenvalue weighted by Gasteiger charge is -2.25. The topological polar surface area (TPSA) is 33.2 Å². The third-order valence-electron chi connectivity index (χ3n) is 5.22. The number of pyridine rings is 1. The fourth-order valence-corrected chi connectivity index (χ4v) is 3.88. The number of carbonyl (C=O) groups is 1. The molecule has 0 N–H and O–H groups in total. The van der Waals surface area contributed by atoms with Crippen molar-refractivity contribution in [2.24, 2.45) is 0 Å². The van der Waals surface area contributed by atoms with Crippen LogP contribution in [0.4, 0.5) is 4.39 Å². The molecule has 142 valence electrons. The van der Waals surface area contributed by atoms with Gasteiger partial charge in [-0.15, -0.1) is 0 Å². The second-order valence-corrected chi connectivity index (χ2v) is 7.27. The molecule has 3 aromatic rings. The molecule has 4 heteroatoms. The highest BCUT2D eigenvalue weighted by atomic mass is 19.1. The average molecular weight is 374 g/mol. The summed E-state index contributed by atoms with van der Waals surface area (Å²) >= 11 is 0. The molecule has 1 fully saturated rings. The summed E-state index contributed by atoms with van der Waals surface area (Å²) in [7, 11) is 0. The van der Waals surface area contributed by atoms with Crippen LogP contribution in [0, 0.1) is 5.82 Å². The van der Waals surface area contributed by atoms with E-state index in [-0.39, 0.29) is 17.8 Å². The summed E-state index contributed by atoms with van der Waals surface area (Å²) in [6.07, 6.45) is 2.91. The summed E-state index contributed by atoms with van der Waals surface area (Å²) in [4.78, 5) is 19.6. The van der Waals surface area contributed by atoms with Crippen molar-refractivity contribution >= 4 is 5.91 Å². The maximum Gasteiger partial charge on any atom is 0.227 e. The third-order valence-corrected chi connectivity index (χ3v) is 5.22. The Kier molecular flexibility index (Phi) is 5.47. The molecule has 2 aromatic carbocycles. The molecule has 3 nitrogen and oxygen atoms in total. The lowest BCUT2D eigenvalue weighted by molar-refractivity contribution is -0.131. The Morgan fingerprint density at radius 2 is 1.79 bits per heavy atom. The van der Waals surface area contributed by atoms with Gasteiger partial charge >= 0.3 is 0 Å². The first-order chi connectivity index (χ1) is 13.7. The van der Waals surface area contributed by atoms with Gasteiger partial charge in [0, 0.05) is 18.7 Å². The van der Waals surface area contributed by atoms with E-state index < -0.39 is 0 Å². The number of hydrogen-bond acceptors (Lipinski definition) is 2. The normalized spacial score (nSPS) is 16.3. The minimum absolute atomic E-state index is 0.0173. The molecule has 4 rings (SSSR count). The summed E-state index contributed by atoms with van der Waals surface area (Å²) in [5.41, 5.74) is 3.75. The minimum atomic E-state index is -0.234. The first-order valence-electron chi connectivity index (χ1n) is 9.73. The molecule has 1 unspecified atom stereocenters. The molecule has 28 heavy (non-hydrogen) atoms. The van der Waals surface area contributed by atoms with Crippen LogP contribution in [0.2, 0.25) is 0 Å². The Morgan fingerprint density at radius 1 is 1.00 bits per heavy atom. The number of hydrogen-bond donors (Lipinski definition) is 0. The molecule has 0 spiro atoms. The monoisotopic (exact) mass is 374 g/mol. The molecule has 0 radical (unpaired) electrons. The van der Waals surface area contributed by atoms with Crippen LogP contribution in [0.25, 0.3) is 0 Å². The predicted octanol–water partition coefficient (Wildman–Crippen LogP) is 4.72. The van der Waals surface area contributed by atoms with Crippen molar-refractivity contribution in [3.05, 3.63) is 101 Å². The number of likely N-dealkylation sites (tertiary alicyclic amines) is 1. The van der Waals surface area contributed by atoms with E-state index in [1.54, 1.807) is 12.1 Å². The van der Waals surface area contributed by atoms with Crippen molar-refractivity contribution in [3.63, 3.8) is 0 Å². The Morgan fingerprint density at radius 3 is 2.61 bits per heavy atom. The zero-order valence-corrected chi connectivity index (χ0v) is 15.7. The van der Waals surface area contributed by atoms with Crippen molar-refractivity contribution in [2.75, 3.05) is 6.54 Å². The van der Waals surface area contributed by atoms with Gasteiger partial charge in [0.15, 0.2) is 0 Å². The van der Waals surface area contributed by atoms with Gasteiger partial charge in [0.05, 0.1) is 18.2 Å². The van der Waals surface area contributed by atoms with Gasteiger partial charge in [-0.25, -0.2) is 4.39 Å². The molecule has 1 aliphatic heterocycles. The maximum absolute atomic E-state index is 13.4. The van der Waals surface area contributed by atoms with Gasteiger partial charge in [0.2, 0.25) is 5.91 Å². The standard InChI is InChI=1S/C24H23FN2O/c25-20-10-4-9-19(15-20)16-21-11-5-12-22(26-21)23-13-6-14-27(23)24(28)17-18-7-2-1-3-8-18/h1-5,7-12,15,23H,6,13-14,16-17H2. The summed E-state index contributed by atoms with van der Waals surface area (Å²) < 4.78 is 13.4. The summed E-state index contributed by atoms with van der Waals surface area (Å²) in [5, 5.41) is 0. The van der Waals surface area contributed by atoms with Crippen molar-refractivity contribution in [1.29, 1.82) is 0 Å². The highest BCUT2D eigenvalue weighted by Gasteiger charge is 2.30. The van der Waals surface area contributed by atoms with Crippen LogP contribution in [0.3, 0.4) is 0 Å². The number of halogens is 1. The van der Waals surface area contributed by atoms with E-state index in [9.17, 15) is 9.18 Å². The van der Waals surface area contributed by atoms with Crippen LogP contribution in [-0.2, 0) is 17.6 Å². The molecule has 1 amide bonds. The van der Waals surface area contributed by atoms with Gasteiger partial charge in [-0.1, -0.05) is 48.5 Å². The largest absolute Gasteiger partial charge is 0.334 e. The Hall–Kier alpha value is -3.01. The zero-order chi connectivity index (χ0) is 19.3. The van der Waals surface area contributed by atoms with Crippen molar-refractivity contribution in [3.8, 4) is 0 Å². The van der Waals surface area contributed by atoms with E-state index in [1.165, 1.54) is 6.07 Å². The average Bonchev–Trinajstić information content (AvgIpc) is 3.19. The van der Waals surface area contributed by atoms with Crippen LogP contribution >= 0.6 is 0 Å². The highest BCUT2D eigenvalue weighted by Crippen LogP contribution is 2.31. The molecule has 0 aliphatic carbocycles. The summed E-state index contributed by atoms with van der Waals surface area (Å²) in [6, 6.07) is 22.4. The molecule has 1 saturated heterocycles.